The highest BCUT2D eigenvalue weighted by molar-refractivity contribution is 5.43. The van der Waals surface area contributed by atoms with E-state index < -0.39 is 0 Å². The van der Waals surface area contributed by atoms with Gasteiger partial charge in [0.1, 0.15) is 5.82 Å². The van der Waals surface area contributed by atoms with Crippen molar-refractivity contribution in [2.24, 2.45) is 0 Å². The molecule has 6 heteroatoms. The smallest absolute Gasteiger partial charge is 0.364 e. The maximum atomic E-state index is 11.4. The van der Waals surface area contributed by atoms with Gasteiger partial charge >= 0.3 is 5.69 Å². The van der Waals surface area contributed by atoms with Gasteiger partial charge in [0, 0.05) is 6.54 Å². The number of anilines is 1. The highest BCUT2D eigenvalue weighted by Crippen LogP contribution is 2.07. The summed E-state index contributed by atoms with van der Waals surface area (Å²) in [5.74, 6) is 0.636. The number of hydrogen-bond donors (Lipinski definition) is 2. The highest BCUT2D eigenvalue weighted by Gasteiger charge is 2.02. The lowest BCUT2D eigenvalue weighted by atomic mass is 10.1. The molecule has 2 aromatic heterocycles. The molecule has 0 aliphatic heterocycles. The summed E-state index contributed by atoms with van der Waals surface area (Å²) in [6.45, 7) is 2.71. The third-order valence-electron chi connectivity index (χ3n) is 2.87. The summed E-state index contributed by atoms with van der Waals surface area (Å²) in [6.07, 6.45) is 0. The van der Waals surface area contributed by atoms with Crippen LogP contribution in [0.5, 0.6) is 0 Å². The van der Waals surface area contributed by atoms with Gasteiger partial charge in [0.05, 0.1) is 0 Å². The summed E-state index contributed by atoms with van der Waals surface area (Å²) >= 11 is 0. The van der Waals surface area contributed by atoms with E-state index in [2.05, 4.69) is 51.8 Å². The number of aromatic amines is 1. The van der Waals surface area contributed by atoms with Crippen LogP contribution >= 0.6 is 0 Å². The van der Waals surface area contributed by atoms with Crippen molar-refractivity contribution in [1.29, 1.82) is 0 Å². The first-order valence-corrected chi connectivity index (χ1v) is 5.96. The molecule has 0 saturated carbocycles. The first-order valence-electron chi connectivity index (χ1n) is 5.96. The molecular formula is C13H13N5O. The van der Waals surface area contributed by atoms with Crippen molar-refractivity contribution in [2.75, 3.05) is 5.32 Å². The van der Waals surface area contributed by atoms with E-state index in [1.54, 1.807) is 12.1 Å². The Balaban J connectivity index is 1.79. The molecule has 96 valence electrons. The summed E-state index contributed by atoms with van der Waals surface area (Å²) < 4.78 is 1.23. The summed E-state index contributed by atoms with van der Waals surface area (Å²) in [5.41, 5.74) is 2.56. The molecule has 0 bridgehead atoms. The van der Waals surface area contributed by atoms with Gasteiger partial charge in [0.2, 0.25) is 0 Å². The molecule has 3 rings (SSSR count). The van der Waals surface area contributed by atoms with Gasteiger partial charge in [-0.1, -0.05) is 29.8 Å². The van der Waals surface area contributed by atoms with Gasteiger partial charge in [-0.3, -0.25) is 0 Å². The van der Waals surface area contributed by atoms with Crippen LogP contribution in [-0.4, -0.2) is 19.8 Å². The zero-order valence-corrected chi connectivity index (χ0v) is 10.4. The minimum absolute atomic E-state index is 0.339. The molecule has 0 atom stereocenters. The second-order valence-electron chi connectivity index (χ2n) is 4.36. The molecule has 0 spiro atoms. The second kappa shape index (κ2) is 4.56. The molecule has 0 amide bonds. The zero-order chi connectivity index (χ0) is 13.2. The third kappa shape index (κ3) is 2.33. The summed E-state index contributed by atoms with van der Waals surface area (Å²) in [7, 11) is 0. The number of hydrogen-bond acceptors (Lipinski definition) is 4. The Hall–Kier alpha value is -2.63. The molecule has 2 N–H and O–H groups in total. The van der Waals surface area contributed by atoms with Gasteiger partial charge in [-0.2, -0.15) is 9.61 Å². The molecule has 6 nitrogen and oxygen atoms in total. The van der Waals surface area contributed by atoms with Crippen LogP contribution in [0.3, 0.4) is 0 Å². The van der Waals surface area contributed by atoms with Crippen molar-refractivity contribution in [2.45, 2.75) is 13.5 Å². The van der Waals surface area contributed by atoms with Gasteiger partial charge in [-0.15, -0.1) is 5.10 Å². The van der Waals surface area contributed by atoms with Crippen LogP contribution in [0, 0.1) is 6.92 Å². The first-order chi connectivity index (χ1) is 9.22. The van der Waals surface area contributed by atoms with Crippen molar-refractivity contribution in [3.63, 3.8) is 0 Å². The van der Waals surface area contributed by atoms with E-state index in [1.807, 2.05) is 0 Å². The molecule has 19 heavy (non-hydrogen) atoms. The number of nitrogens with one attached hydrogen (secondary N) is 2. The Morgan fingerprint density at radius 2 is 2.00 bits per heavy atom. The average Bonchev–Trinajstić information content (AvgIpc) is 2.80. The lowest BCUT2D eigenvalue weighted by molar-refractivity contribution is 0.875. The van der Waals surface area contributed by atoms with E-state index in [4.69, 9.17) is 0 Å². The van der Waals surface area contributed by atoms with Crippen LogP contribution in [0.4, 0.5) is 5.82 Å². The fraction of sp³-hybridized carbons (Fsp3) is 0.154. The van der Waals surface area contributed by atoms with E-state index in [-0.39, 0.29) is 5.69 Å². The van der Waals surface area contributed by atoms with Gasteiger partial charge in [0.15, 0.2) is 5.65 Å². The predicted molar refractivity (Wildman–Crippen MR) is 72.1 cm³/mol. The third-order valence-corrected chi connectivity index (χ3v) is 2.87. The maximum absolute atomic E-state index is 11.4. The summed E-state index contributed by atoms with van der Waals surface area (Å²) in [4.78, 5) is 11.4. The number of fused-ring (bicyclic) bond motifs is 1. The van der Waals surface area contributed by atoms with Crippen molar-refractivity contribution in [3.05, 3.63) is 58.0 Å². The lowest BCUT2D eigenvalue weighted by Crippen LogP contribution is -2.13. The van der Waals surface area contributed by atoms with Crippen LogP contribution in [0.15, 0.2) is 41.2 Å². The summed E-state index contributed by atoms with van der Waals surface area (Å²) in [6, 6.07) is 11.8. The van der Waals surface area contributed by atoms with Gasteiger partial charge in [0.25, 0.3) is 0 Å². The molecule has 0 radical (unpaired) electrons. The Kier molecular flexibility index (Phi) is 2.75. The fourth-order valence-electron chi connectivity index (χ4n) is 1.80. The second-order valence-corrected chi connectivity index (χ2v) is 4.36. The van der Waals surface area contributed by atoms with Crippen molar-refractivity contribution < 1.29 is 0 Å². The molecule has 2 heterocycles. The van der Waals surface area contributed by atoms with E-state index in [1.165, 1.54) is 10.1 Å². The Labute approximate surface area is 109 Å². The number of aromatic nitrogens is 4. The monoisotopic (exact) mass is 255 g/mol. The standard InChI is InChI=1S/C13H13N5O/c1-9-2-4-10(5-3-9)8-14-11-6-7-12-15-16-13(19)18(12)17-11/h2-7H,8H2,1H3,(H,14,17)(H,16,19). The average molecular weight is 255 g/mol. The van der Waals surface area contributed by atoms with E-state index in [0.717, 1.165) is 5.56 Å². The zero-order valence-electron chi connectivity index (χ0n) is 10.4. The van der Waals surface area contributed by atoms with E-state index >= 15 is 0 Å². The molecule has 3 aromatic rings. The quantitative estimate of drug-likeness (QED) is 0.740. The number of aryl methyl sites for hydroxylation is 1. The van der Waals surface area contributed by atoms with Gasteiger partial charge in [-0.25, -0.2) is 9.89 Å². The summed E-state index contributed by atoms with van der Waals surface area (Å²) in [5, 5.41) is 13.5. The number of benzene rings is 1. The Morgan fingerprint density at radius 3 is 2.79 bits per heavy atom. The minimum atomic E-state index is -0.339. The maximum Gasteiger partial charge on any atom is 0.364 e. The predicted octanol–water partition coefficient (Wildman–Crippen LogP) is 1.34. The largest absolute Gasteiger partial charge is 0.365 e. The van der Waals surface area contributed by atoms with Crippen molar-refractivity contribution >= 4 is 11.5 Å². The number of nitrogens with zero attached hydrogens (tertiary/aromatic N) is 3. The Bertz CT molecular complexity index is 757. The fourth-order valence-corrected chi connectivity index (χ4v) is 1.80. The van der Waals surface area contributed by atoms with E-state index in [0.29, 0.717) is 18.0 Å². The lowest BCUT2D eigenvalue weighted by Gasteiger charge is -2.05. The molecule has 0 aliphatic rings. The SMILES string of the molecule is Cc1ccc(CNc2ccc3n[nH]c(=O)n3n2)cc1. The van der Waals surface area contributed by atoms with Crippen molar-refractivity contribution in [1.82, 2.24) is 19.8 Å². The van der Waals surface area contributed by atoms with Gasteiger partial charge < -0.3 is 5.32 Å². The molecule has 0 saturated heterocycles. The first kappa shape index (κ1) is 11.5. The molecule has 1 aromatic carbocycles. The molecule has 0 unspecified atom stereocenters. The van der Waals surface area contributed by atoms with Crippen LogP contribution in [0.25, 0.3) is 5.65 Å². The molecule has 0 aliphatic carbocycles. The number of H-pyrrole nitrogens is 1. The van der Waals surface area contributed by atoms with Crippen LogP contribution in [0.1, 0.15) is 11.1 Å². The van der Waals surface area contributed by atoms with Crippen LogP contribution in [0.2, 0.25) is 0 Å². The molecular weight excluding hydrogens is 242 g/mol. The topological polar surface area (TPSA) is 75.1 Å². The van der Waals surface area contributed by atoms with Crippen LogP contribution in [-0.2, 0) is 6.54 Å². The highest BCUT2D eigenvalue weighted by atomic mass is 16.2. The van der Waals surface area contributed by atoms with Crippen molar-refractivity contribution in [3.8, 4) is 0 Å². The Morgan fingerprint density at radius 1 is 1.21 bits per heavy atom. The van der Waals surface area contributed by atoms with Gasteiger partial charge in [-0.05, 0) is 24.6 Å². The normalized spacial score (nSPS) is 10.8. The number of rotatable bonds is 3. The van der Waals surface area contributed by atoms with Crippen LogP contribution < -0.4 is 11.0 Å². The minimum Gasteiger partial charge on any atom is -0.365 e. The van der Waals surface area contributed by atoms with E-state index in [9.17, 15) is 4.79 Å². The molecule has 0 fully saturated rings.